The van der Waals surface area contributed by atoms with Crippen molar-refractivity contribution < 1.29 is 28.9 Å². The van der Waals surface area contributed by atoms with Gasteiger partial charge in [-0.05, 0) is 12.1 Å². The topological polar surface area (TPSA) is 99.1 Å². The number of rotatable bonds is 6. The van der Waals surface area contributed by atoms with Crippen LogP contribution in [0.4, 0.5) is 14.9 Å². The van der Waals surface area contributed by atoms with E-state index >= 15 is 0 Å². The second kappa shape index (κ2) is 7.55. The minimum atomic E-state index is -1.35. The van der Waals surface area contributed by atoms with Gasteiger partial charge in [0.1, 0.15) is 5.82 Å². The van der Waals surface area contributed by atoms with Crippen molar-refractivity contribution in [2.45, 2.75) is 6.10 Å². The Morgan fingerprint density at radius 3 is 2.71 bits per heavy atom. The van der Waals surface area contributed by atoms with Crippen LogP contribution >= 0.6 is 0 Å². The molecule has 8 heteroatoms. The smallest absolute Gasteiger partial charge is 0.337 e. The first-order valence-corrected chi connectivity index (χ1v) is 6.07. The number of nitrogens with one attached hydrogen (secondary N) is 1. The molecule has 0 spiro atoms. The zero-order valence-electron chi connectivity index (χ0n) is 11.7. The summed E-state index contributed by atoms with van der Waals surface area (Å²) in [5, 5.41) is 20.7. The molecule has 1 rings (SSSR count). The fourth-order valence-electron chi connectivity index (χ4n) is 1.68. The number of amides is 2. The van der Waals surface area contributed by atoms with Crippen LogP contribution in [0, 0.1) is 5.82 Å². The van der Waals surface area contributed by atoms with Crippen LogP contribution < -0.4 is 5.32 Å². The standard InChI is InChI=1S/C13H17FN2O5/c1-16(6-8(17)7-21-2)13(20)15-11-9(12(18)19)4-3-5-10(11)14/h3-5,8,17H,6-7H2,1-2H3,(H,15,20)(H,18,19). The van der Waals surface area contributed by atoms with E-state index in [1.807, 2.05) is 0 Å². The number of carbonyl (C=O) groups is 2. The zero-order chi connectivity index (χ0) is 16.0. The number of halogens is 1. The summed E-state index contributed by atoms with van der Waals surface area (Å²) in [7, 11) is 2.79. The Morgan fingerprint density at radius 2 is 2.14 bits per heavy atom. The second-order valence-corrected chi connectivity index (χ2v) is 4.39. The van der Waals surface area contributed by atoms with E-state index in [9.17, 15) is 19.1 Å². The number of carbonyl (C=O) groups excluding carboxylic acids is 1. The highest BCUT2D eigenvalue weighted by atomic mass is 19.1. The van der Waals surface area contributed by atoms with E-state index in [0.717, 1.165) is 11.0 Å². The van der Waals surface area contributed by atoms with E-state index in [1.165, 1.54) is 26.3 Å². The summed E-state index contributed by atoms with van der Waals surface area (Å²) in [5.74, 6) is -2.21. The first-order chi connectivity index (χ1) is 9.86. The number of benzene rings is 1. The van der Waals surface area contributed by atoms with Crippen molar-refractivity contribution in [2.75, 3.05) is 32.6 Å². The third-order valence-electron chi connectivity index (χ3n) is 2.67. The van der Waals surface area contributed by atoms with Crippen LogP contribution in [0.15, 0.2) is 18.2 Å². The SMILES string of the molecule is COCC(O)CN(C)C(=O)Nc1c(F)cccc1C(=O)O. The molecule has 1 atom stereocenters. The third kappa shape index (κ3) is 4.69. The van der Waals surface area contributed by atoms with Crippen LogP contribution in [0.2, 0.25) is 0 Å². The van der Waals surface area contributed by atoms with Gasteiger partial charge in [-0.1, -0.05) is 6.07 Å². The summed E-state index contributed by atoms with van der Waals surface area (Å²) in [6.45, 7) is -0.00573. The molecule has 0 fully saturated rings. The van der Waals surface area contributed by atoms with Gasteiger partial charge < -0.3 is 25.2 Å². The Labute approximate surface area is 120 Å². The lowest BCUT2D eigenvalue weighted by Gasteiger charge is -2.21. The summed E-state index contributed by atoms with van der Waals surface area (Å²) in [6.07, 6.45) is -0.898. The van der Waals surface area contributed by atoms with Crippen molar-refractivity contribution in [1.82, 2.24) is 4.90 Å². The van der Waals surface area contributed by atoms with Gasteiger partial charge in [0, 0.05) is 14.2 Å². The van der Waals surface area contributed by atoms with Gasteiger partial charge in [0.15, 0.2) is 0 Å². The quantitative estimate of drug-likeness (QED) is 0.728. The van der Waals surface area contributed by atoms with Crippen LogP contribution in [-0.2, 0) is 4.74 Å². The van der Waals surface area contributed by atoms with E-state index in [0.29, 0.717) is 0 Å². The molecule has 0 aromatic heterocycles. The van der Waals surface area contributed by atoms with E-state index in [2.05, 4.69) is 5.32 Å². The summed E-state index contributed by atoms with van der Waals surface area (Å²) in [4.78, 5) is 24.0. The van der Waals surface area contributed by atoms with E-state index < -0.39 is 29.6 Å². The molecule has 0 saturated heterocycles. The normalized spacial score (nSPS) is 11.8. The minimum absolute atomic E-state index is 0.0394. The number of para-hydroxylation sites is 1. The molecule has 0 aliphatic rings. The molecule has 1 aromatic carbocycles. The second-order valence-electron chi connectivity index (χ2n) is 4.39. The average Bonchev–Trinajstić information content (AvgIpc) is 2.40. The molecule has 0 bridgehead atoms. The highest BCUT2D eigenvalue weighted by Gasteiger charge is 2.19. The van der Waals surface area contributed by atoms with Gasteiger partial charge >= 0.3 is 12.0 Å². The lowest BCUT2D eigenvalue weighted by Crippen LogP contribution is -2.39. The number of carboxylic acid groups (broad SMARTS) is 1. The molecule has 3 N–H and O–H groups in total. The number of nitrogens with zero attached hydrogens (tertiary/aromatic N) is 1. The van der Waals surface area contributed by atoms with Gasteiger partial charge in [-0.15, -0.1) is 0 Å². The van der Waals surface area contributed by atoms with Crippen LogP contribution in [-0.4, -0.2) is 60.5 Å². The number of likely N-dealkylation sites (N-methyl/N-ethyl adjacent to an activating group) is 1. The fraction of sp³-hybridized carbons (Fsp3) is 0.385. The van der Waals surface area contributed by atoms with Gasteiger partial charge in [-0.25, -0.2) is 14.0 Å². The lowest BCUT2D eigenvalue weighted by atomic mass is 10.1. The number of anilines is 1. The summed E-state index contributed by atoms with van der Waals surface area (Å²) < 4.78 is 18.4. The molecule has 0 aliphatic carbocycles. The highest BCUT2D eigenvalue weighted by Crippen LogP contribution is 2.20. The number of aromatic carboxylic acids is 1. The Morgan fingerprint density at radius 1 is 1.48 bits per heavy atom. The average molecular weight is 300 g/mol. The van der Waals surface area contributed by atoms with E-state index in [1.54, 1.807) is 0 Å². The minimum Gasteiger partial charge on any atom is -0.478 e. The number of methoxy groups -OCH3 is 1. The van der Waals surface area contributed by atoms with E-state index in [-0.39, 0.29) is 18.7 Å². The molecule has 21 heavy (non-hydrogen) atoms. The Bertz CT molecular complexity index is 523. The first kappa shape index (κ1) is 16.9. The summed E-state index contributed by atoms with van der Waals surface area (Å²) in [6, 6.07) is 2.72. The number of hydrogen-bond acceptors (Lipinski definition) is 4. The lowest BCUT2D eigenvalue weighted by molar-refractivity contribution is 0.0501. The number of urea groups is 1. The fourth-order valence-corrected chi connectivity index (χ4v) is 1.68. The molecule has 116 valence electrons. The van der Waals surface area contributed by atoms with Crippen molar-refractivity contribution in [3.05, 3.63) is 29.6 Å². The number of carboxylic acids is 1. The maximum Gasteiger partial charge on any atom is 0.337 e. The first-order valence-electron chi connectivity index (χ1n) is 6.07. The Kier molecular flexibility index (Phi) is 6.07. The molecular formula is C13H17FN2O5. The molecule has 0 aliphatic heterocycles. The van der Waals surface area contributed by atoms with Crippen molar-refractivity contribution in [1.29, 1.82) is 0 Å². The zero-order valence-corrected chi connectivity index (χ0v) is 11.7. The van der Waals surface area contributed by atoms with Gasteiger partial charge in [0.2, 0.25) is 0 Å². The predicted molar refractivity (Wildman–Crippen MR) is 72.9 cm³/mol. The molecule has 7 nitrogen and oxygen atoms in total. The van der Waals surface area contributed by atoms with Crippen molar-refractivity contribution in [2.24, 2.45) is 0 Å². The molecule has 0 heterocycles. The Balaban J connectivity index is 2.81. The van der Waals surface area contributed by atoms with Crippen molar-refractivity contribution in [3.63, 3.8) is 0 Å². The molecule has 0 radical (unpaired) electrons. The molecule has 2 amide bonds. The third-order valence-corrected chi connectivity index (χ3v) is 2.67. The highest BCUT2D eigenvalue weighted by molar-refractivity contribution is 6.00. The number of aliphatic hydroxyl groups is 1. The molecule has 1 unspecified atom stereocenters. The van der Waals surface area contributed by atoms with Crippen LogP contribution in [0.1, 0.15) is 10.4 Å². The summed E-state index contributed by atoms with van der Waals surface area (Å²) in [5.41, 5.74) is -0.766. The number of aliphatic hydroxyl groups excluding tert-OH is 1. The van der Waals surface area contributed by atoms with Crippen LogP contribution in [0.25, 0.3) is 0 Å². The van der Waals surface area contributed by atoms with Gasteiger partial charge in [0.25, 0.3) is 0 Å². The predicted octanol–water partition coefficient (Wildman–Crippen LogP) is 0.995. The largest absolute Gasteiger partial charge is 0.478 e. The van der Waals surface area contributed by atoms with E-state index in [4.69, 9.17) is 9.84 Å². The van der Waals surface area contributed by atoms with Gasteiger partial charge in [-0.3, -0.25) is 0 Å². The molecule has 1 aromatic rings. The van der Waals surface area contributed by atoms with Crippen molar-refractivity contribution in [3.8, 4) is 0 Å². The maximum absolute atomic E-state index is 13.7. The summed E-state index contributed by atoms with van der Waals surface area (Å²) >= 11 is 0. The Hall–Kier alpha value is -2.19. The van der Waals surface area contributed by atoms with Crippen LogP contribution in [0.5, 0.6) is 0 Å². The van der Waals surface area contributed by atoms with Gasteiger partial charge in [-0.2, -0.15) is 0 Å². The van der Waals surface area contributed by atoms with Crippen LogP contribution in [0.3, 0.4) is 0 Å². The maximum atomic E-state index is 13.7. The molecule has 0 saturated carbocycles. The molecular weight excluding hydrogens is 283 g/mol. The number of hydrogen-bond donors (Lipinski definition) is 3. The van der Waals surface area contributed by atoms with Crippen molar-refractivity contribution >= 4 is 17.7 Å². The monoisotopic (exact) mass is 300 g/mol. The van der Waals surface area contributed by atoms with Gasteiger partial charge in [0.05, 0.1) is 30.5 Å². The number of ether oxygens (including phenoxy) is 1.